The third kappa shape index (κ3) is 5.51. The van der Waals surface area contributed by atoms with E-state index in [0.717, 1.165) is 49.7 Å². The molecular weight excluding hydrogens is 623 g/mol. The highest BCUT2D eigenvalue weighted by Crippen LogP contribution is 2.39. The molecule has 0 aliphatic rings. The number of hydrogen-bond acceptors (Lipinski definition) is 3. The highest BCUT2D eigenvalue weighted by molar-refractivity contribution is 6.11. The van der Waals surface area contributed by atoms with Crippen LogP contribution in [0.25, 0.3) is 88.8 Å². The molecule has 0 radical (unpaired) electrons. The summed E-state index contributed by atoms with van der Waals surface area (Å²) in [6.07, 6.45) is 0. The van der Waals surface area contributed by atoms with Crippen LogP contribution < -0.4 is 0 Å². The lowest BCUT2D eigenvalue weighted by atomic mass is 10.0. The number of benzene rings is 7. The SMILES string of the molecule is [C-]#[N+]c1ccc(-n2c3ccc(-c4ccccc4)cc3c3cc(-c4ccccc4)ccc32)cc1-c1nc(-c2ccccc2)nc(-c2ccccc2)n1. The first kappa shape index (κ1) is 29.9. The largest absolute Gasteiger partial charge is 0.309 e. The minimum absolute atomic E-state index is 0.453. The number of hydrogen-bond donors (Lipinski definition) is 0. The van der Waals surface area contributed by atoms with Crippen molar-refractivity contribution in [2.24, 2.45) is 0 Å². The first-order valence-electron chi connectivity index (χ1n) is 16.8. The van der Waals surface area contributed by atoms with Crippen LogP contribution >= 0.6 is 0 Å². The first-order chi connectivity index (χ1) is 25.2. The normalized spacial score (nSPS) is 11.1. The van der Waals surface area contributed by atoms with E-state index >= 15 is 0 Å². The number of rotatable bonds is 6. The molecule has 5 heteroatoms. The highest BCUT2D eigenvalue weighted by Gasteiger charge is 2.19. The van der Waals surface area contributed by atoms with Gasteiger partial charge in [-0.25, -0.2) is 19.8 Å². The van der Waals surface area contributed by atoms with Gasteiger partial charge in [-0.15, -0.1) is 0 Å². The van der Waals surface area contributed by atoms with Gasteiger partial charge in [0, 0.05) is 33.2 Å². The molecule has 0 fully saturated rings. The number of nitrogens with zero attached hydrogens (tertiary/aromatic N) is 5. The summed E-state index contributed by atoms with van der Waals surface area (Å²) in [6.45, 7) is 8.13. The monoisotopic (exact) mass is 651 g/mol. The fourth-order valence-corrected chi connectivity index (χ4v) is 6.79. The second-order valence-corrected chi connectivity index (χ2v) is 12.4. The predicted octanol–water partition coefficient (Wildman–Crippen LogP) is 11.9. The molecule has 9 aromatic rings. The van der Waals surface area contributed by atoms with Gasteiger partial charge < -0.3 is 4.57 Å². The predicted molar refractivity (Wildman–Crippen MR) is 208 cm³/mol. The summed E-state index contributed by atoms with van der Waals surface area (Å²) in [5, 5.41) is 2.30. The van der Waals surface area contributed by atoms with Crippen molar-refractivity contribution < 1.29 is 0 Å². The maximum absolute atomic E-state index is 8.13. The van der Waals surface area contributed by atoms with Crippen LogP contribution in [-0.2, 0) is 0 Å². The summed E-state index contributed by atoms with van der Waals surface area (Å²) < 4.78 is 2.28. The van der Waals surface area contributed by atoms with Crippen molar-refractivity contribution in [3.63, 3.8) is 0 Å². The Morgan fingerprint density at radius 2 is 0.824 bits per heavy atom. The van der Waals surface area contributed by atoms with Gasteiger partial charge in [-0.1, -0.05) is 140 Å². The van der Waals surface area contributed by atoms with E-state index in [1.165, 1.54) is 11.1 Å². The fraction of sp³-hybridized carbons (Fsp3) is 0. The van der Waals surface area contributed by atoms with Gasteiger partial charge in [0.2, 0.25) is 0 Å². The molecule has 0 atom stereocenters. The zero-order valence-corrected chi connectivity index (χ0v) is 27.5. The van der Waals surface area contributed by atoms with E-state index in [0.29, 0.717) is 28.7 Å². The van der Waals surface area contributed by atoms with Gasteiger partial charge in [-0.05, 0) is 58.7 Å². The first-order valence-corrected chi connectivity index (χ1v) is 16.8. The van der Waals surface area contributed by atoms with Gasteiger partial charge in [0.1, 0.15) is 0 Å². The Labute approximate surface area is 295 Å². The average Bonchev–Trinajstić information content (AvgIpc) is 3.54. The zero-order valence-electron chi connectivity index (χ0n) is 27.5. The molecule has 2 heterocycles. The third-order valence-corrected chi connectivity index (χ3v) is 9.28. The Morgan fingerprint density at radius 1 is 0.392 bits per heavy atom. The van der Waals surface area contributed by atoms with Gasteiger partial charge in [-0.3, -0.25) is 0 Å². The van der Waals surface area contributed by atoms with Crippen LogP contribution in [0.4, 0.5) is 5.69 Å². The second-order valence-electron chi connectivity index (χ2n) is 12.4. The van der Waals surface area contributed by atoms with E-state index in [9.17, 15) is 0 Å². The Morgan fingerprint density at radius 3 is 1.27 bits per heavy atom. The Balaban J connectivity index is 1.28. The Kier molecular flexibility index (Phi) is 7.46. The van der Waals surface area contributed by atoms with Crippen molar-refractivity contribution >= 4 is 27.5 Å². The molecule has 0 bridgehead atoms. The van der Waals surface area contributed by atoms with E-state index in [4.69, 9.17) is 21.5 Å². The molecule has 0 saturated carbocycles. The molecule has 238 valence electrons. The molecule has 0 aliphatic heterocycles. The molecule has 9 rings (SSSR count). The minimum Gasteiger partial charge on any atom is -0.309 e. The standard InChI is InChI=1S/C46H29N5/c1-47-41-25-24-37(30-40(41)46-49-44(33-18-10-4-11-19-33)48-45(50-46)34-20-12-5-13-21-34)51-42-26-22-35(31-14-6-2-7-15-31)28-38(42)39-29-36(23-27-43(39)51)32-16-8-3-9-17-32/h2-30H. The molecule has 51 heavy (non-hydrogen) atoms. The quantitative estimate of drug-likeness (QED) is 0.168. The molecular formula is C46H29N5. The van der Waals surface area contributed by atoms with E-state index in [-0.39, 0.29) is 0 Å². The van der Waals surface area contributed by atoms with Crippen LogP contribution in [0.3, 0.4) is 0 Å². The van der Waals surface area contributed by atoms with Gasteiger partial charge in [0.05, 0.1) is 17.6 Å². The summed E-state index contributed by atoms with van der Waals surface area (Å²) >= 11 is 0. The molecule has 0 amide bonds. The molecule has 0 unspecified atom stereocenters. The average molecular weight is 652 g/mol. The fourth-order valence-electron chi connectivity index (χ4n) is 6.79. The van der Waals surface area contributed by atoms with Gasteiger partial charge in [-0.2, -0.15) is 0 Å². The maximum Gasteiger partial charge on any atom is 0.198 e. The third-order valence-electron chi connectivity index (χ3n) is 9.28. The molecule has 7 aromatic carbocycles. The van der Waals surface area contributed by atoms with Crippen molar-refractivity contribution in [2.45, 2.75) is 0 Å². The molecule has 0 saturated heterocycles. The lowest BCUT2D eigenvalue weighted by Gasteiger charge is -2.13. The van der Waals surface area contributed by atoms with Gasteiger partial charge in [0.25, 0.3) is 0 Å². The molecule has 0 aliphatic carbocycles. The van der Waals surface area contributed by atoms with E-state index in [2.05, 4.69) is 94.3 Å². The highest BCUT2D eigenvalue weighted by atomic mass is 15.0. The summed E-state index contributed by atoms with van der Waals surface area (Å²) in [5.41, 5.74) is 10.6. The zero-order chi connectivity index (χ0) is 34.1. The summed E-state index contributed by atoms with van der Waals surface area (Å²) in [5.74, 6) is 1.56. The molecule has 0 spiro atoms. The summed E-state index contributed by atoms with van der Waals surface area (Å²) in [4.78, 5) is 18.7. The molecule has 5 nitrogen and oxygen atoms in total. The van der Waals surface area contributed by atoms with Gasteiger partial charge in [0.15, 0.2) is 23.2 Å². The smallest absolute Gasteiger partial charge is 0.198 e. The van der Waals surface area contributed by atoms with Crippen LogP contribution in [0.5, 0.6) is 0 Å². The van der Waals surface area contributed by atoms with Crippen molar-refractivity contribution in [1.29, 1.82) is 0 Å². The van der Waals surface area contributed by atoms with Crippen LogP contribution in [0.1, 0.15) is 0 Å². The van der Waals surface area contributed by atoms with Crippen molar-refractivity contribution in [3.05, 3.63) is 187 Å². The Bertz CT molecular complexity index is 2580. The van der Waals surface area contributed by atoms with Crippen LogP contribution in [-0.4, -0.2) is 19.5 Å². The molecule has 0 N–H and O–H groups in total. The number of fused-ring (bicyclic) bond motifs is 3. The number of aromatic nitrogens is 4. The topological polar surface area (TPSA) is 48.0 Å². The minimum atomic E-state index is 0.453. The van der Waals surface area contributed by atoms with E-state index < -0.39 is 0 Å². The van der Waals surface area contributed by atoms with Crippen molar-refractivity contribution in [3.8, 4) is 62.1 Å². The van der Waals surface area contributed by atoms with E-state index in [1.54, 1.807) is 0 Å². The van der Waals surface area contributed by atoms with Crippen LogP contribution in [0.2, 0.25) is 0 Å². The lowest BCUT2D eigenvalue weighted by Crippen LogP contribution is -2.01. The van der Waals surface area contributed by atoms with Gasteiger partial charge >= 0.3 is 0 Å². The van der Waals surface area contributed by atoms with Crippen LogP contribution in [0, 0.1) is 6.57 Å². The molecule has 2 aromatic heterocycles. The summed E-state index contributed by atoms with van der Waals surface area (Å²) in [6, 6.07) is 60.1. The van der Waals surface area contributed by atoms with E-state index in [1.807, 2.05) is 91.0 Å². The summed E-state index contributed by atoms with van der Waals surface area (Å²) in [7, 11) is 0. The maximum atomic E-state index is 8.13. The lowest BCUT2D eigenvalue weighted by molar-refractivity contribution is 1.07. The van der Waals surface area contributed by atoms with Crippen molar-refractivity contribution in [1.82, 2.24) is 19.5 Å². The van der Waals surface area contributed by atoms with Crippen molar-refractivity contribution in [2.75, 3.05) is 0 Å². The van der Waals surface area contributed by atoms with Crippen LogP contribution in [0.15, 0.2) is 176 Å². The second kappa shape index (κ2) is 12.7. The Hall–Kier alpha value is -7.16.